The van der Waals surface area contributed by atoms with E-state index in [0.717, 1.165) is 5.69 Å². The fraction of sp³-hybridized carbons (Fsp3) is 0.273. The Morgan fingerprint density at radius 3 is 2.70 bits per heavy atom. The van der Waals surface area contributed by atoms with Crippen molar-refractivity contribution in [1.29, 1.82) is 0 Å². The third kappa shape index (κ3) is 3.94. The number of hydrogen-bond donors (Lipinski definition) is 1. The maximum atomic E-state index is 13.3. The number of halogens is 1. The first-order valence-electron chi connectivity index (χ1n) is 9.72. The van der Waals surface area contributed by atoms with Crippen LogP contribution in [-0.2, 0) is 6.54 Å². The lowest BCUT2D eigenvalue weighted by Gasteiger charge is -2.14. The van der Waals surface area contributed by atoms with E-state index in [1.807, 2.05) is 17.7 Å². The Balaban J connectivity index is 1.59. The maximum Gasteiger partial charge on any atom is 0.259 e. The van der Waals surface area contributed by atoms with Crippen LogP contribution in [0.5, 0.6) is 0 Å². The highest BCUT2D eigenvalue weighted by molar-refractivity contribution is 6.09. The molecule has 1 N–H and O–H groups in total. The van der Waals surface area contributed by atoms with Crippen molar-refractivity contribution in [2.75, 3.05) is 6.54 Å². The van der Waals surface area contributed by atoms with Gasteiger partial charge in [-0.05, 0) is 56.2 Å². The SMILES string of the molecule is Cc1cc(C(=O)NC[C@H](C)Cn2nccc2C)c2c(-c3ccc(F)cc3)noc2n1. The summed E-state index contributed by atoms with van der Waals surface area (Å²) in [5.74, 6) is -0.397. The van der Waals surface area contributed by atoms with E-state index in [1.165, 1.54) is 12.1 Å². The fourth-order valence-electron chi connectivity index (χ4n) is 3.37. The molecule has 0 fully saturated rings. The number of aryl methyl sites for hydroxylation is 2. The van der Waals surface area contributed by atoms with Crippen molar-refractivity contribution in [3.63, 3.8) is 0 Å². The second-order valence-corrected chi connectivity index (χ2v) is 7.50. The van der Waals surface area contributed by atoms with Crippen LogP contribution in [0.25, 0.3) is 22.4 Å². The quantitative estimate of drug-likeness (QED) is 0.524. The number of hydrogen-bond acceptors (Lipinski definition) is 5. The molecule has 1 aromatic carbocycles. The van der Waals surface area contributed by atoms with Gasteiger partial charge in [-0.2, -0.15) is 5.10 Å². The molecule has 0 radical (unpaired) electrons. The van der Waals surface area contributed by atoms with Gasteiger partial charge in [0.15, 0.2) is 0 Å². The van der Waals surface area contributed by atoms with Crippen molar-refractivity contribution >= 4 is 17.0 Å². The summed E-state index contributed by atoms with van der Waals surface area (Å²) in [7, 11) is 0. The first kappa shape index (κ1) is 19.8. The Kier molecular flexibility index (Phi) is 5.31. The molecule has 0 aliphatic rings. The predicted molar refractivity (Wildman–Crippen MR) is 110 cm³/mol. The highest BCUT2D eigenvalue weighted by Crippen LogP contribution is 2.30. The molecule has 1 amide bonds. The summed E-state index contributed by atoms with van der Waals surface area (Å²) in [5, 5.41) is 11.9. The Hall–Kier alpha value is -3.55. The van der Waals surface area contributed by atoms with Gasteiger partial charge in [-0.3, -0.25) is 9.48 Å². The van der Waals surface area contributed by atoms with Crippen LogP contribution in [0.3, 0.4) is 0 Å². The number of fused-ring (bicyclic) bond motifs is 1. The van der Waals surface area contributed by atoms with Crippen LogP contribution in [0, 0.1) is 25.6 Å². The number of amides is 1. The maximum absolute atomic E-state index is 13.3. The summed E-state index contributed by atoms with van der Waals surface area (Å²) in [6, 6.07) is 9.55. The molecule has 8 heteroatoms. The van der Waals surface area contributed by atoms with E-state index in [9.17, 15) is 9.18 Å². The normalized spacial score (nSPS) is 12.3. The molecule has 1 atom stereocenters. The first-order valence-corrected chi connectivity index (χ1v) is 9.72. The number of benzene rings is 1. The van der Waals surface area contributed by atoms with E-state index in [4.69, 9.17) is 4.52 Å². The molecular formula is C22H22FN5O2. The molecule has 0 saturated heterocycles. The Morgan fingerprint density at radius 1 is 1.23 bits per heavy atom. The molecular weight excluding hydrogens is 385 g/mol. The summed E-state index contributed by atoms with van der Waals surface area (Å²) < 4.78 is 20.6. The smallest absolute Gasteiger partial charge is 0.259 e. The van der Waals surface area contributed by atoms with Crippen LogP contribution < -0.4 is 5.32 Å². The lowest BCUT2D eigenvalue weighted by molar-refractivity contribution is 0.0948. The minimum Gasteiger partial charge on any atom is -0.352 e. The summed E-state index contributed by atoms with van der Waals surface area (Å²) in [4.78, 5) is 17.4. The van der Waals surface area contributed by atoms with Gasteiger partial charge in [-0.1, -0.05) is 12.1 Å². The number of aromatic nitrogens is 4. The number of carbonyl (C=O) groups is 1. The number of pyridine rings is 1. The molecule has 4 rings (SSSR count). The van der Waals surface area contributed by atoms with Gasteiger partial charge in [0.1, 0.15) is 11.5 Å². The van der Waals surface area contributed by atoms with E-state index in [1.54, 1.807) is 31.3 Å². The number of rotatable bonds is 6. The second kappa shape index (κ2) is 8.06. The topological polar surface area (TPSA) is 85.8 Å². The standard InChI is InChI=1S/C22H22FN5O2/c1-13(12-28-15(3)8-9-25-28)11-24-21(29)18-10-14(2)26-22-19(18)20(27-30-22)16-4-6-17(23)7-5-16/h4-10,13H,11-12H2,1-3H3,(H,24,29)/t13-/m0/s1. The van der Waals surface area contributed by atoms with E-state index in [0.29, 0.717) is 41.0 Å². The minimum absolute atomic E-state index is 0.185. The zero-order valence-corrected chi connectivity index (χ0v) is 17.0. The van der Waals surface area contributed by atoms with Crippen molar-refractivity contribution in [3.05, 3.63) is 65.4 Å². The second-order valence-electron chi connectivity index (χ2n) is 7.50. The summed E-state index contributed by atoms with van der Waals surface area (Å²) in [5.41, 5.74) is 3.54. The van der Waals surface area contributed by atoms with E-state index >= 15 is 0 Å². The van der Waals surface area contributed by atoms with Gasteiger partial charge >= 0.3 is 0 Å². The molecule has 0 aliphatic heterocycles. The van der Waals surface area contributed by atoms with E-state index < -0.39 is 0 Å². The molecule has 7 nitrogen and oxygen atoms in total. The van der Waals surface area contributed by atoms with E-state index in [2.05, 4.69) is 27.5 Å². The molecule has 154 valence electrons. The summed E-state index contributed by atoms with van der Waals surface area (Å²) in [6.45, 7) is 7.03. The van der Waals surface area contributed by atoms with E-state index in [-0.39, 0.29) is 23.4 Å². The van der Waals surface area contributed by atoms with Crippen molar-refractivity contribution in [1.82, 2.24) is 25.2 Å². The Morgan fingerprint density at radius 2 is 2.00 bits per heavy atom. The number of carbonyl (C=O) groups excluding carboxylic acids is 1. The zero-order valence-electron chi connectivity index (χ0n) is 17.0. The lowest BCUT2D eigenvalue weighted by Crippen LogP contribution is -2.30. The van der Waals surface area contributed by atoms with Crippen molar-refractivity contribution in [2.45, 2.75) is 27.3 Å². The highest BCUT2D eigenvalue weighted by Gasteiger charge is 2.21. The predicted octanol–water partition coefficient (Wildman–Crippen LogP) is 3.91. The first-order chi connectivity index (χ1) is 14.4. The van der Waals surface area contributed by atoms with Gasteiger partial charge in [0.2, 0.25) is 0 Å². The van der Waals surface area contributed by atoms with Crippen LogP contribution in [0.4, 0.5) is 4.39 Å². The van der Waals surface area contributed by atoms with Gasteiger partial charge in [-0.15, -0.1) is 0 Å². The largest absolute Gasteiger partial charge is 0.352 e. The van der Waals surface area contributed by atoms with Gasteiger partial charge < -0.3 is 9.84 Å². The summed E-state index contributed by atoms with van der Waals surface area (Å²) >= 11 is 0. The Bertz CT molecular complexity index is 1200. The van der Waals surface area contributed by atoms with Crippen molar-refractivity contribution in [2.24, 2.45) is 5.92 Å². The number of nitrogens with one attached hydrogen (secondary N) is 1. The van der Waals surface area contributed by atoms with Gasteiger partial charge in [-0.25, -0.2) is 9.37 Å². The molecule has 3 heterocycles. The third-order valence-corrected chi connectivity index (χ3v) is 4.96. The zero-order chi connectivity index (χ0) is 21.3. The van der Waals surface area contributed by atoms with Gasteiger partial charge in [0.25, 0.3) is 11.6 Å². The lowest BCUT2D eigenvalue weighted by atomic mass is 10.0. The monoisotopic (exact) mass is 407 g/mol. The van der Waals surface area contributed by atoms with Crippen LogP contribution in [0.2, 0.25) is 0 Å². The van der Waals surface area contributed by atoms with Crippen LogP contribution in [0.15, 0.2) is 47.1 Å². The molecule has 0 unspecified atom stereocenters. The molecule has 3 aromatic heterocycles. The van der Waals surface area contributed by atoms with Gasteiger partial charge in [0.05, 0.1) is 10.9 Å². The average molecular weight is 407 g/mol. The molecule has 30 heavy (non-hydrogen) atoms. The van der Waals surface area contributed by atoms with Crippen LogP contribution in [-0.4, -0.2) is 32.4 Å². The van der Waals surface area contributed by atoms with Crippen LogP contribution >= 0.6 is 0 Å². The van der Waals surface area contributed by atoms with Crippen LogP contribution in [0.1, 0.15) is 28.7 Å². The van der Waals surface area contributed by atoms with Crippen molar-refractivity contribution < 1.29 is 13.7 Å². The molecule has 0 spiro atoms. The third-order valence-electron chi connectivity index (χ3n) is 4.96. The van der Waals surface area contributed by atoms with Gasteiger partial charge in [0, 0.05) is 36.2 Å². The average Bonchev–Trinajstić information content (AvgIpc) is 3.32. The molecule has 4 aromatic rings. The molecule has 0 bridgehead atoms. The minimum atomic E-state index is -0.347. The molecule has 0 saturated carbocycles. The highest BCUT2D eigenvalue weighted by atomic mass is 19.1. The molecule has 0 aliphatic carbocycles. The van der Waals surface area contributed by atoms with Crippen molar-refractivity contribution in [3.8, 4) is 11.3 Å². The summed E-state index contributed by atoms with van der Waals surface area (Å²) in [6.07, 6.45) is 1.76. The number of nitrogens with zero attached hydrogens (tertiary/aromatic N) is 4. The fourth-order valence-corrected chi connectivity index (χ4v) is 3.37. The Labute approximate surface area is 172 Å².